The fourth-order valence-electron chi connectivity index (χ4n) is 1.47. The number of aromatic carboxylic acids is 1. The Kier molecular flexibility index (Phi) is 4.05. The third kappa shape index (κ3) is 2.97. The standard InChI is InChI=1S/C13H9ClFNO4/c1-19-8-2-3-11(9(5-8)13(17)18)20-12-10(15)4-7(14)6-16-12/h2-6H,1H3,(H,17,18). The van der Waals surface area contributed by atoms with Gasteiger partial charge in [0, 0.05) is 6.20 Å². The van der Waals surface area contributed by atoms with Gasteiger partial charge in [-0.15, -0.1) is 0 Å². The molecule has 0 atom stereocenters. The molecule has 5 nitrogen and oxygen atoms in total. The molecule has 0 spiro atoms. The number of carboxylic acids is 1. The summed E-state index contributed by atoms with van der Waals surface area (Å²) in [6.45, 7) is 0. The Bertz CT molecular complexity index is 663. The number of ether oxygens (including phenoxy) is 2. The average molecular weight is 298 g/mol. The summed E-state index contributed by atoms with van der Waals surface area (Å²) in [5.41, 5.74) is -0.166. The van der Waals surface area contributed by atoms with Crippen molar-refractivity contribution in [1.29, 1.82) is 0 Å². The quantitative estimate of drug-likeness (QED) is 0.937. The molecule has 2 aromatic rings. The molecule has 0 unspecified atom stereocenters. The highest BCUT2D eigenvalue weighted by Gasteiger charge is 2.16. The third-order valence-corrected chi connectivity index (χ3v) is 2.60. The summed E-state index contributed by atoms with van der Waals surface area (Å²) in [7, 11) is 1.40. The average Bonchev–Trinajstić information content (AvgIpc) is 2.42. The molecule has 0 radical (unpaired) electrons. The van der Waals surface area contributed by atoms with Gasteiger partial charge in [-0.1, -0.05) is 11.6 Å². The molecule has 1 N–H and O–H groups in total. The van der Waals surface area contributed by atoms with E-state index in [1.54, 1.807) is 0 Å². The van der Waals surface area contributed by atoms with Gasteiger partial charge in [-0.05, 0) is 24.3 Å². The number of carbonyl (C=O) groups is 1. The number of nitrogens with zero attached hydrogens (tertiary/aromatic N) is 1. The number of rotatable bonds is 4. The lowest BCUT2D eigenvalue weighted by atomic mass is 10.2. The van der Waals surface area contributed by atoms with Crippen LogP contribution in [0.4, 0.5) is 4.39 Å². The van der Waals surface area contributed by atoms with E-state index in [4.69, 9.17) is 26.2 Å². The highest BCUT2D eigenvalue weighted by molar-refractivity contribution is 6.30. The lowest BCUT2D eigenvalue weighted by Crippen LogP contribution is -2.02. The van der Waals surface area contributed by atoms with Gasteiger partial charge in [-0.3, -0.25) is 0 Å². The van der Waals surface area contributed by atoms with Crippen LogP contribution in [0.2, 0.25) is 5.02 Å². The SMILES string of the molecule is COc1ccc(Oc2ncc(Cl)cc2F)c(C(=O)O)c1. The molecule has 1 heterocycles. The number of carboxylic acid groups (broad SMARTS) is 1. The first-order valence-corrected chi connectivity index (χ1v) is 5.79. The van der Waals surface area contributed by atoms with Gasteiger partial charge in [-0.25, -0.2) is 14.2 Å². The lowest BCUT2D eigenvalue weighted by Gasteiger charge is -2.10. The number of hydrogen-bond acceptors (Lipinski definition) is 4. The Morgan fingerprint density at radius 3 is 2.75 bits per heavy atom. The molecule has 0 aliphatic rings. The molecule has 0 bridgehead atoms. The maximum Gasteiger partial charge on any atom is 0.339 e. The Hall–Kier alpha value is -2.34. The first-order valence-electron chi connectivity index (χ1n) is 5.41. The maximum absolute atomic E-state index is 13.6. The van der Waals surface area contributed by atoms with E-state index >= 15 is 0 Å². The normalized spacial score (nSPS) is 10.2. The summed E-state index contributed by atoms with van der Waals surface area (Å²) in [6.07, 6.45) is 1.20. The molecular weight excluding hydrogens is 289 g/mol. The second-order valence-corrected chi connectivity index (χ2v) is 4.15. The zero-order valence-electron chi connectivity index (χ0n) is 10.3. The molecular formula is C13H9ClFNO4. The largest absolute Gasteiger partial charge is 0.497 e. The molecule has 0 fully saturated rings. The first-order chi connectivity index (χ1) is 9.51. The topological polar surface area (TPSA) is 68.7 Å². The second-order valence-electron chi connectivity index (χ2n) is 3.71. The van der Waals surface area contributed by atoms with E-state index in [-0.39, 0.29) is 22.2 Å². The van der Waals surface area contributed by atoms with E-state index in [1.807, 2.05) is 0 Å². The Morgan fingerprint density at radius 1 is 1.40 bits per heavy atom. The van der Waals surface area contributed by atoms with Crippen LogP contribution >= 0.6 is 11.6 Å². The third-order valence-electron chi connectivity index (χ3n) is 2.40. The van der Waals surface area contributed by atoms with E-state index in [9.17, 15) is 9.18 Å². The Morgan fingerprint density at radius 2 is 2.15 bits per heavy atom. The van der Waals surface area contributed by atoms with Gasteiger partial charge in [0.05, 0.1) is 12.1 Å². The van der Waals surface area contributed by atoms with Gasteiger partial charge >= 0.3 is 5.97 Å². The van der Waals surface area contributed by atoms with Crippen molar-refractivity contribution in [1.82, 2.24) is 4.98 Å². The molecule has 20 heavy (non-hydrogen) atoms. The summed E-state index contributed by atoms with van der Waals surface area (Å²) in [5, 5.41) is 9.22. The zero-order chi connectivity index (χ0) is 14.7. The van der Waals surface area contributed by atoms with Gasteiger partial charge in [-0.2, -0.15) is 0 Å². The molecule has 0 amide bonds. The van der Waals surface area contributed by atoms with Crippen molar-refractivity contribution in [2.24, 2.45) is 0 Å². The van der Waals surface area contributed by atoms with Gasteiger partial charge < -0.3 is 14.6 Å². The fraction of sp³-hybridized carbons (Fsp3) is 0.0769. The van der Waals surface area contributed by atoms with Crippen molar-refractivity contribution in [3.8, 4) is 17.4 Å². The van der Waals surface area contributed by atoms with Crippen LogP contribution in [0.3, 0.4) is 0 Å². The van der Waals surface area contributed by atoms with E-state index in [2.05, 4.69) is 4.98 Å². The number of pyridine rings is 1. The second kappa shape index (κ2) is 5.75. The molecule has 1 aromatic heterocycles. The van der Waals surface area contributed by atoms with Crippen molar-refractivity contribution in [3.63, 3.8) is 0 Å². The highest BCUT2D eigenvalue weighted by atomic mass is 35.5. The summed E-state index contributed by atoms with van der Waals surface area (Å²) in [5.74, 6) is -2.08. The summed E-state index contributed by atoms with van der Waals surface area (Å²) < 4.78 is 23.7. The highest BCUT2D eigenvalue weighted by Crippen LogP contribution is 2.29. The number of aromatic nitrogens is 1. The monoisotopic (exact) mass is 297 g/mol. The molecule has 0 saturated heterocycles. The van der Waals surface area contributed by atoms with E-state index in [0.717, 1.165) is 6.07 Å². The van der Waals surface area contributed by atoms with Crippen molar-refractivity contribution < 1.29 is 23.8 Å². The van der Waals surface area contributed by atoms with Crippen LogP contribution in [-0.2, 0) is 0 Å². The number of benzene rings is 1. The van der Waals surface area contributed by atoms with Gasteiger partial charge in [0.25, 0.3) is 5.88 Å². The van der Waals surface area contributed by atoms with Crippen molar-refractivity contribution in [2.45, 2.75) is 0 Å². The summed E-state index contributed by atoms with van der Waals surface area (Å²) in [6, 6.07) is 5.15. The van der Waals surface area contributed by atoms with Gasteiger partial charge in [0.15, 0.2) is 5.82 Å². The fourth-order valence-corrected chi connectivity index (χ4v) is 1.62. The van der Waals surface area contributed by atoms with Crippen LogP contribution < -0.4 is 9.47 Å². The van der Waals surface area contributed by atoms with Crippen LogP contribution in [0.1, 0.15) is 10.4 Å². The molecule has 2 rings (SSSR count). The predicted molar refractivity (Wildman–Crippen MR) is 69.2 cm³/mol. The zero-order valence-corrected chi connectivity index (χ0v) is 11.0. The van der Waals surface area contributed by atoms with Crippen LogP contribution in [0, 0.1) is 5.82 Å². The van der Waals surface area contributed by atoms with Crippen molar-refractivity contribution >= 4 is 17.6 Å². The number of halogens is 2. The lowest BCUT2D eigenvalue weighted by molar-refractivity contribution is 0.0693. The molecule has 1 aromatic carbocycles. The Labute approximate surface area is 118 Å². The van der Waals surface area contributed by atoms with Crippen LogP contribution in [0.25, 0.3) is 0 Å². The summed E-state index contributed by atoms with van der Waals surface area (Å²) in [4.78, 5) is 14.8. The van der Waals surface area contributed by atoms with Crippen molar-refractivity contribution in [2.75, 3.05) is 7.11 Å². The smallest absolute Gasteiger partial charge is 0.339 e. The van der Waals surface area contributed by atoms with E-state index in [0.29, 0.717) is 5.75 Å². The van der Waals surface area contributed by atoms with Crippen molar-refractivity contribution in [3.05, 3.63) is 46.9 Å². The number of hydrogen-bond donors (Lipinski definition) is 1. The maximum atomic E-state index is 13.6. The molecule has 104 valence electrons. The minimum absolute atomic E-state index is 0.0491. The van der Waals surface area contributed by atoms with E-state index in [1.165, 1.54) is 31.5 Å². The van der Waals surface area contributed by atoms with Gasteiger partial charge in [0.2, 0.25) is 0 Å². The number of methoxy groups -OCH3 is 1. The van der Waals surface area contributed by atoms with Crippen LogP contribution in [0.15, 0.2) is 30.5 Å². The summed E-state index contributed by atoms with van der Waals surface area (Å²) >= 11 is 5.57. The first kappa shape index (κ1) is 14.1. The van der Waals surface area contributed by atoms with E-state index < -0.39 is 11.8 Å². The van der Waals surface area contributed by atoms with Crippen LogP contribution in [0.5, 0.6) is 17.4 Å². The minimum atomic E-state index is -1.23. The predicted octanol–water partition coefficient (Wildman–Crippen LogP) is 3.37. The van der Waals surface area contributed by atoms with Gasteiger partial charge in [0.1, 0.15) is 17.1 Å². The molecule has 0 aliphatic carbocycles. The Balaban J connectivity index is 2.40. The molecule has 0 aliphatic heterocycles. The molecule has 7 heteroatoms. The minimum Gasteiger partial charge on any atom is -0.497 e. The molecule has 0 saturated carbocycles. The van der Waals surface area contributed by atoms with Crippen LogP contribution in [-0.4, -0.2) is 23.2 Å².